The molecule has 1 atom stereocenters. The van der Waals surface area contributed by atoms with E-state index >= 15 is 0 Å². The van der Waals surface area contributed by atoms with Crippen LogP contribution < -0.4 is 0 Å². The summed E-state index contributed by atoms with van der Waals surface area (Å²) in [6, 6.07) is 6.85. The van der Waals surface area contributed by atoms with Crippen molar-refractivity contribution in [3.05, 3.63) is 40.5 Å². The molecular weight excluding hydrogens is 320 g/mol. The number of hydrogen-bond acceptors (Lipinski definition) is 3. The lowest BCUT2D eigenvalue weighted by molar-refractivity contribution is -0.143. The van der Waals surface area contributed by atoms with E-state index in [0.29, 0.717) is 13.1 Å². The summed E-state index contributed by atoms with van der Waals surface area (Å²) in [5.41, 5.74) is 1.47. The van der Waals surface area contributed by atoms with Crippen molar-refractivity contribution in [2.24, 2.45) is 0 Å². The molecule has 5 heteroatoms. The number of hydrogen-bond donors (Lipinski definition) is 1. The Bertz CT molecular complexity index is 626. The van der Waals surface area contributed by atoms with E-state index in [2.05, 4.69) is 20.9 Å². The largest absolute Gasteiger partial charge is 0.480 e. The summed E-state index contributed by atoms with van der Waals surface area (Å²) in [7, 11) is 0. The van der Waals surface area contributed by atoms with Gasteiger partial charge in [-0.15, -0.1) is 0 Å². The highest BCUT2D eigenvalue weighted by atomic mass is 79.9. The van der Waals surface area contributed by atoms with Crippen LogP contribution in [0.3, 0.4) is 0 Å². The number of pyridine rings is 1. The molecule has 0 aliphatic carbocycles. The van der Waals surface area contributed by atoms with Crippen LogP contribution in [-0.2, 0) is 4.79 Å². The van der Waals surface area contributed by atoms with E-state index in [1.807, 2.05) is 43.0 Å². The van der Waals surface area contributed by atoms with Crippen molar-refractivity contribution in [2.45, 2.75) is 19.9 Å². The quantitative estimate of drug-likeness (QED) is 0.908. The van der Waals surface area contributed by atoms with Crippen molar-refractivity contribution in [2.75, 3.05) is 13.1 Å². The summed E-state index contributed by atoms with van der Waals surface area (Å²) < 4.78 is 0.924. The normalized spacial score (nSPS) is 12.8. The summed E-state index contributed by atoms with van der Waals surface area (Å²) in [6.45, 7) is 5.29. The number of aromatic nitrogens is 1. The molecule has 1 heterocycles. The topological polar surface area (TPSA) is 53.4 Å². The first-order chi connectivity index (χ1) is 9.60. The fourth-order valence-corrected chi connectivity index (χ4v) is 2.91. The second-order valence-corrected chi connectivity index (χ2v) is 5.35. The van der Waals surface area contributed by atoms with E-state index in [1.54, 1.807) is 6.20 Å². The van der Waals surface area contributed by atoms with Gasteiger partial charge in [0.25, 0.3) is 0 Å². The smallest absolute Gasteiger partial charge is 0.325 e. The number of fused-ring (bicyclic) bond motifs is 1. The van der Waals surface area contributed by atoms with Crippen LogP contribution >= 0.6 is 15.9 Å². The average molecular weight is 337 g/mol. The van der Waals surface area contributed by atoms with Gasteiger partial charge in [-0.25, -0.2) is 0 Å². The SMILES string of the molecule is CCN(CC)C(C(=O)O)c1ccc(Br)c2cccnc12. The average Bonchev–Trinajstić information content (AvgIpc) is 2.46. The summed E-state index contributed by atoms with van der Waals surface area (Å²) in [5.74, 6) is -0.844. The highest BCUT2D eigenvalue weighted by Crippen LogP contribution is 2.31. The van der Waals surface area contributed by atoms with Crippen LogP contribution in [-0.4, -0.2) is 34.0 Å². The Morgan fingerprint density at radius 1 is 1.35 bits per heavy atom. The summed E-state index contributed by atoms with van der Waals surface area (Å²) in [5, 5.41) is 10.5. The minimum absolute atomic E-state index is 0.671. The minimum Gasteiger partial charge on any atom is -0.480 e. The second-order valence-electron chi connectivity index (χ2n) is 4.50. The first kappa shape index (κ1) is 14.9. The number of carbonyl (C=O) groups is 1. The lowest BCUT2D eigenvalue weighted by atomic mass is 10.0. The maximum atomic E-state index is 11.7. The molecule has 0 aliphatic heterocycles. The zero-order valence-corrected chi connectivity index (χ0v) is 13.1. The third-order valence-electron chi connectivity index (χ3n) is 3.45. The second kappa shape index (κ2) is 6.33. The van der Waals surface area contributed by atoms with Crippen LogP contribution in [0.15, 0.2) is 34.9 Å². The van der Waals surface area contributed by atoms with Gasteiger partial charge in [-0.05, 0) is 25.2 Å². The summed E-state index contributed by atoms with van der Waals surface area (Å²) in [4.78, 5) is 18.0. The van der Waals surface area contributed by atoms with Gasteiger partial charge in [0.15, 0.2) is 0 Å². The zero-order valence-electron chi connectivity index (χ0n) is 11.5. The maximum absolute atomic E-state index is 11.7. The van der Waals surface area contributed by atoms with Crippen molar-refractivity contribution < 1.29 is 9.90 Å². The molecule has 0 saturated heterocycles. The van der Waals surface area contributed by atoms with E-state index < -0.39 is 12.0 Å². The number of nitrogens with zero attached hydrogens (tertiary/aromatic N) is 2. The molecule has 1 aromatic carbocycles. The Morgan fingerprint density at radius 2 is 2.05 bits per heavy atom. The van der Waals surface area contributed by atoms with Crippen molar-refractivity contribution in [3.8, 4) is 0 Å². The molecule has 2 rings (SSSR count). The minimum atomic E-state index is -0.844. The van der Waals surface area contributed by atoms with Gasteiger partial charge >= 0.3 is 5.97 Å². The maximum Gasteiger partial charge on any atom is 0.325 e. The number of benzene rings is 1. The van der Waals surface area contributed by atoms with E-state index in [9.17, 15) is 9.90 Å². The highest BCUT2D eigenvalue weighted by Gasteiger charge is 2.27. The van der Waals surface area contributed by atoms with Gasteiger partial charge in [-0.3, -0.25) is 14.7 Å². The number of halogens is 1. The zero-order chi connectivity index (χ0) is 14.7. The molecule has 0 saturated carbocycles. The van der Waals surface area contributed by atoms with Crippen molar-refractivity contribution >= 4 is 32.8 Å². The standard InChI is InChI=1S/C15H17BrN2O2/c1-3-18(4-2)14(15(19)20)11-7-8-12(16)10-6-5-9-17-13(10)11/h5-9,14H,3-4H2,1-2H3,(H,19,20). The summed E-state index contributed by atoms with van der Waals surface area (Å²) in [6.07, 6.45) is 1.69. The van der Waals surface area contributed by atoms with Gasteiger partial charge in [0.2, 0.25) is 0 Å². The third kappa shape index (κ3) is 2.69. The fraction of sp³-hybridized carbons (Fsp3) is 0.333. The predicted molar refractivity (Wildman–Crippen MR) is 82.7 cm³/mol. The molecule has 106 valence electrons. The van der Waals surface area contributed by atoms with Crippen LogP contribution in [0, 0.1) is 0 Å². The molecule has 1 N–H and O–H groups in total. The number of rotatable bonds is 5. The number of likely N-dealkylation sites (N-methyl/N-ethyl adjacent to an activating group) is 1. The first-order valence-corrected chi connectivity index (χ1v) is 7.39. The third-order valence-corrected chi connectivity index (χ3v) is 4.15. The Morgan fingerprint density at radius 3 is 2.65 bits per heavy atom. The van der Waals surface area contributed by atoms with Gasteiger partial charge < -0.3 is 5.11 Å². The van der Waals surface area contributed by atoms with Gasteiger partial charge in [0, 0.05) is 21.6 Å². The van der Waals surface area contributed by atoms with E-state index in [-0.39, 0.29) is 0 Å². The van der Waals surface area contributed by atoms with Crippen LogP contribution in [0.25, 0.3) is 10.9 Å². The van der Waals surface area contributed by atoms with Crippen molar-refractivity contribution in [3.63, 3.8) is 0 Å². The van der Waals surface area contributed by atoms with E-state index in [1.165, 1.54) is 0 Å². The van der Waals surface area contributed by atoms with E-state index in [4.69, 9.17) is 0 Å². The van der Waals surface area contributed by atoms with E-state index in [0.717, 1.165) is 20.9 Å². The Kier molecular flexibility index (Phi) is 4.73. The molecule has 0 bridgehead atoms. The van der Waals surface area contributed by atoms with Crippen molar-refractivity contribution in [1.82, 2.24) is 9.88 Å². The lowest BCUT2D eigenvalue weighted by Gasteiger charge is -2.27. The van der Waals surface area contributed by atoms with Crippen LogP contribution in [0.1, 0.15) is 25.5 Å². The lowest BCUT2D eigenvalue weighted by Crippen LogP contribution is -2.34. The molecule has 4 nitrogen and oxygen atoms in total. The summed E-state index contributed by atoms with van der Waals surface area (Å²) >= 11 is 3.49. The molecule has 2 aromatic rings. The number of carboxylic acids is 1. The number of carboxylic acid groups (broad SMARTS) is 1. The Hall–Kier alpha value is -1.46. The Labute approximate surface area is 126 Å². The van der Waals surface area contributed by atoms with Gasteiger partial charge in [-0.2, -0.15) is 0 Å². The first-order valence-electron chi connectivity index (χ1n) is 6.60. The molecule has 1 aromatic heterocycles. The van der Waals surface area contributed by atoms with Gasteiger partial charge in [0.05, 0.1) is 5.52 Å². The predicted octanol–water partition coefficient (Wildman–Crippen LogP) is 3.46. The van der Waals surface area contributed by atoms with Crippen molar-refractivity contribution in [1.29, 1.82) is 0 Å². The highest BCUT2D eigenvalue weighted by molar-refractivity contribution is 9.10. The molecule has 20 heavy (non-hydrogen) atoms. The van der Waals surface area contributed by atoms with Gasteiger partial charge in [-0.1, -0.05) is 41.9 Å². The molecule has 0 spiro atoms. The molecule has 0 amide bonds. The molecular formula is C15H17BrN2O2. The Balaban J connectivity index is 2.65. The number of aliphatic carboxylic acids is 1. The molecule has 1 unspecified atom stereocenters. The monoisotopic (exact) mass is 336 g/mol. The van der Waals surface area contributed by atoms with Crippen LogP contribution in [0.4, 0.5) is 0 Å². The molecule has 0 aliphatic rings. The van der Waals surface area contributed by atoms with Crippen LogP contribution in [0.2, 0.25) is 0 Å². The molecule has 0 fully saturated rings. The fourth-order valence-electron chi connectivity index (χ4n) is 2.46. The van der Waals surface area contributed by atoms with Crippen LogP contribution in [0.5, 0.6) is 0 Å². The van der Waals surface area contributed by atoms with Gasteiger partial charge in [0.1, 0.15) is 6.04 Å². The molecule has 0 radical (unpaired) electrons.